The highest BCUT2D eigenvalue weighted by Crippen LogP contribution is 2.16. The van der Waals surface area contributed by atoms with Gasteiger partial charge in [-0.2, -0.15) is 4.98 Å². The molecule has 3 aromatic rings. The lowest BCUT2D eigenvalue weighted by Gasteiger charge is -2.09. The van der Waals surface area contributed by atoms with Gasteiger partial charge < -0.3 is 19.2 Å². The molecular weight excluding hydrogens is 368 g/mol. The summed E-state index contributed by atoms with van der Waals surface area (Å²) in [6, 6.07) is 15.5. The third-order valence-electron chi connectivity index (χ3n) is 4.30. The van der Waals surface area contributed by atoms with Crippen molar-refractivity contribution in [2.75, 3.05) is 19.8 Å². The molecule has 0 aliphatic rings. The fourth-order valence-corrected chi connectivity index (χ4v) is 2.75. The average Bonchev–Trinajstić information content (AvgIpc) is 3.14. The van der Waals surface area contributed by atoms with Gasteiger partial charge in [-0.05, 0) is 61.6 Å². The number of carbonyl (C=O) groups excluding carboxylic acids is 1. The van der Waals surface area contributed by atoms with Gasteiger partial charge in [0.05, 0.1) is 36.4 Å². The molecule has 0 spiro atoms. The average molecular weight is 396 g/mol. The Balaban J connectivity index is 1.29. The number of aromatic nitrogens is 2. The summed E-state index contributed by atoms with van der Waals surface area (Å²) in [7, 11) is 0. The van der Waals surface area contributed by atoms with Crippen molar-refractivity contribution in [1.82, 2.24) is 9.97 Å². The lowest BCUT2D eigenvalue weighted by atomic mass is 10.2. The van der Waals surface area contributed by atoms with Crippen molar-refractivity contribution in [1.29, 1.82) is 0 Å². The lowest BCUT2D eigenvalue weighted by Crippen LogP contribution is -2.10. The van der Waals surface area contributed by atoms with Gasteiger partial charge in [-0.15, -0.1) is 0 Å². The minimum absolute atomic E-state index is 0.297. The molecule has 0 bridgehead atoms. The van der Waals surface area contributed by atoms with Gasteiger partial charge in [0.2, 0.25) is 0 Å². The zero-order chi connectivity index (χ0) is 20.5. The molecule has 3 rings (SSSR count). The van der Waals surface area contributed by atoms with E-state index in [0.717, 1.165) is 36.0 Å². The first-order valence-corrected chi connectivity index (χ1v) is 10.1. The summed E-state index contributed by atoms with van der Waals surface area (Å²) in [5.41, 5.74) is 2.44. The molecule has 0 saturated heterocycles. The van der Waals surface area contributed by atoms with E-state index in [9.17, 15) is 4.79 Å². The SMILES string of the molecule is CC(C)COC(=O)c1ccc(OCCCCCOc2nc3ccccc3[nH]2)cc1. The van der Waals surface area contributed by atoms with E-state index in [-0.39, 0.29) is 5.97 Å². The van der Waals surface area contributed by atoms with E-state index in [1.807, 2.05) is 38.1 Å². The van der Waals surface area contributed by atoms with E-state index in [1.54, 1.807) is 24.3 Å². The molecule has 1 aromatic heterocycles. The van der Waals surface area contributed by atoms with Crippen LogP contribution in [0.2, 0.25) is 0 Å². The standard InChI is InChI=1S/C23H28N2O4/c1-17(2)16-29-22(26)18-10-12-19(13-11-18)27-14-6-3-7-15-28-23-24-20-8-4-5-9-21(20)25-23/h4-5,8-13,17H,3,6-7,14-16H2,1-2H3,(H,24,25). The molecule has 0 saturated carbocycles. The quantitative estimate of drug-likeness (QED) is 0.364. The van der Waals surface area contributed by atoms with Gasteiger partial charge in [-0.1, -0.05) is 26.0 Å². The number of nitrogens with one attached hydrogen (secondary N) is 1. The smallest absolute Gasteiger partial charge is 0.338 e. The summed E-state index contributed by atoms with van der Waals surface area (Å²) in [6.07, 6.45) is 2.86. The number of carbonyl (C=O) groups is 1. The second-order valence-electron chi connectivity index (χ2n) is 7.33. The van der Waals surface area contributed by atoms with Gasteiger partial charge in [-0.25, -0.2) is 4.79 Å². The molecule has 154 valence electrons. The van der Waals surface area contributed by atoms with Crippen molar-refractivity contribution in [2.24, 2.45) is 5.92 Å². The van der Waals surface area contributed by atoms with Crippen LogP contribution < -0.4 is 9.47 Å². The number of unbranched alkanes of at least 4 members (excludes halogenated alkanes) is 2. The Kier molecular flexibility index (Phi) is 7.50. The van der Waals surface area contributed by atoms with E-state index in [0.29, 0.717) is 37.3 Å². The van der Waals surface area contributed by atoms with E-state index >= 15 is 0 Å². The Labute approximate surface area is 171 Å². The second kappa shape index (κ2) is 10.5. The summed E-state index contributed by atoms with van der Waals surface area (Å²) < 4.78 is 16.6. The summed E-state index contributed by atoms with van der Waals surface area (Å²) >= 11 is 0. The number of rotatable bonds is 11. The zero-order valence-corrected chi connectivity index (χ0v) is 17.0. The molecule has 0 fully saturated rings. The highest BCUT2D eigenvalue weighted by Gasteiger charge is 2.08. The number of H-pyrrole nitrogens is 1. The van der Waals surface area contributed by atoms with Crippen LogP contribution in [0.3, 0.4) is 0 Å². The maximum absolute atomic E-state index is 11.9. The molecule has 1 heterocycles. The van der Waals surface area contributed by atoms with Crippen LogP contribution >= 0.6 is 0 Å². The molecule has 0 radical (unpaired) electrons. The molecule has 1 N–H and O–H groups in total. The van der Waals surface area contributed by atoms with E-state index in [4.69, 9.17) is 14.2 Å². The molecule has 0 amide bonds. The molecule has 2 aromatic carbocycles. The third kappa shape index (κ3) is 6.52. The summed E-state index contributed by atoms with van der Waals surface area (Å²) in [6.45, 7) is 5.69. The minimum Gasteiger partial charge on any atom is -0.494 e. The number of ether oxygens (including phenoxy) is 3. The molecule has 0 aliphatic carbocycles. The summed E-state index contributed by atoms with van der Waals surface area (Å²) in [5, 5.41) is 0. The number of esters is 1. The van der Waals surface area contributed by atoms with Gasteiger partial charge in [0.25, 0.3) is 6.01 Å². The zero-order valence-electron chi connectivity index (χ0n) is 17.0. The topological polar surface area (TPSA) is 73.4 Å². The Morgan fingerprint density at radius 1 is 0.966 bits per heavy atom. The summed E-state index contributed by atoms with van der Waals surface area (Å²) in [5.74, 6) is 0.782. The Bertz CT molecular complexity index is 870. The van der Waals surface area contributed by atoms with Crippen LogP contribution in [0.1, 0.15) is 43.5 Å². The number of hydrogen-bond donors (Lipinski definition) is 1. The first-order chi connectivity index (χ1) is 14.1. The molecule has 0 aliphatic heterocycles. The molecule has 0 atom stereocenters. The van der Waals surface area contributed by atoms with Crippen LogP contribution in [0.4, 0.5) is 0 Å². The van der Waals surface area contributed by atoms with Crippen LogP contribution in [0.5, 0.6) is 11.8 Å². The predicted molar refractivity (Wildman–Crippen MR) is 112 cm³/mol. The number of nitrogens with zero attached hydrogens (tertiary/aromatic N) is 1. The Hall–Kier alpha value is -3.02. The fraction of sp³-hybridized carbons (Fsp3) is 0.391. The molecule has 6 heteroatoms. The normalized spacial score (nSPS) is 11.0. The van der Waals surface area contributed by atoms with Gasteiger partial charge in [0, 0.05) is 0 Å². The van der Waals surface area contributed by atoms with Crippen molar-refractivity contribution in [3.63, 3.8) is 0 Å². The highest BCUT2D eigenvalue weighted by atomic mass is 16.5. The third-order valence-corrected chi connectivity index (χ3v) is 4.30. The van der Waals surface area contributed by atoms with Gasteiger partial charge in [-0.3, -0.25) is 0 Å². The fourth-order valence-electron chi connectivity index (χ4n) is 2.75. The molecule has 29 heavy (non-hydrogen) atoms. The van der Waals surface area contributed by atoms with Crippen molar-refractivity contribution in [3.8, 4) is 11.8 Å². The monoisotopic (exact) mass is 396 g/mol. The van der Waals surface area contributed by atoms with E-state index < -0.39 is 0 Å². The van der Waals surface area contributed by atoms with E-state index in [1.165, 1.54) is 0 Å². The predicted octanol–water partition coefficient (Wildman–Crippen LogP) is 5.00. The maximum Gasteiger partial charge on any atom is 0.338 e. The second-order valence-corrected chi connectivity index (χ2v) is 7.33. The number of aromatic amines is 1. The largest absolute Gasteiger partial charge is 0.494 e. The van der Waals surface area contributed by atoms with Crippen LogP contribution in [0.25, 0.3) is 11.0 Å². The maximum atomic E-state index is 11.9. The first kappa shape index (κ1) is 20.7. The number of benzene rings is 2. The Morgan fingerprint density at radius 3 is 2.41 bits per heavy atom. The van der Waals surface area contributed by atoms with Gasteiger partial charge in [0.1, 0.15) is 5.75 Å². The van der Waals surface area contributed by atoms with Gasteiger partial charge >= 0.3 is 5.97 Å². The van der Waals surface area contributed by atoms with Crippen molar-refractivity contribution < 1.29 is 19.0 Å². The van der Waals surface area contributed by atoms with Crippen LogP contribution in [0, 0.1) is 5.92 Å². The first-order valence-electron chi connectivity index (χ1n) is 10.1. The van der Waals surface area contributed by atoms with Gasteiger partial charge in [0.15, 0.2) is 0 Å². The number of hydrogen-bond acceptors (Lipinski definition) is 5. The number of para-hydroxylation sites is 2. The minimum atomic E-state index is -0.297. The molecular formula is C23H28N2O4. The highest BCUT2D eigenvalue weighted by molar-refractivity contribution is 5.89. The van der Waals surface area contributed by atoms with Crippen molar-refractivity contribution in [2.45, 2.75) is 33.1 Å². The van der Waals surface area contributed by atoms with E-state index in [2.05, 4.69) is 9.97 Å². The van der Waals surface area contributed by atoms with Crippen molar-refractivity contribution >= 4 is 17.0 Å². The molecule has 6 nitrogen and oxygen atoms in total. The van der Waals surface area contributed by atoms with Crippen LogP contribution in [-0.4, -0.2) is 35.8 Å². The van der Waals surface area contributed by atoms with Crippen molar-refractivity contribution in [3.05, 3.63) is 54.1 Å². The van der Waals surface area contributed by atoms with Crippen LogP contribution in [0.15, 0.2) is 48.5 Å². The number of imidazole rings is 1. The van der Waals surface area contributed by atoms with Crippen LogP contribution in [-0.2, 0) is 4.74 Å². The Morgan fingerprint density at radius 2 is 1.69 bits per heavy atom. The summed E-state index contributed by atoms with van der Waals surface area (Å²) in [4.78, 5) is 19.4. The lowest BCUT2D eigenvalue weighted by molar-refractivity contribution is 0.0459. The number of fused-ring (bicyclic) bond motifs is 1. The molecule has 0 unspecified atom stereocenters.